The zero-order valence-electron chi connectivity index (χ0n) is 31.1. The van der Waals surface area contributed by atoms with Crippen molar-refractivity contribution in [1.82, 2.24) is 0 Å². The van der Waals surface area contributed by atoms with Gasteiger partial charge in [-0.2, -0.15) is 17.6 Å². The zero-order chi connectivity index (χ0) is 38.7. The maximum absolute atomic E-state index is 14.4. The average Bonchev–Trinajstić information content (AvgIpc) is 3.18. The van der Waals surface area contributed by atoms with Gasteiger partial charge in [-0.15, -0.1) is 0 Å². The Labute approximate surface area is 315 Å². The largest absolute Gasteiger partial charge is 0.429 e. The highest BCUT2D eigenvalue weighted by Gasteiger charge is 2.36. The number of benzene rings is 4. The third-order valence-electron chi connectivity index (χ3n) is 11.1. The molecule has 0 aliphatic heterocycles. The summed E-state index contributed by atoms with van der Waals surface area (Å²) in [7, 11) is 0. The fraction of sp³-hybridized carbons (Fsp3) is 0.467. The van der Waals surface area contributed by atoms with E-state index in [1.165, 1.54) is 94.2 Å². The van der Waals surface area contributed by atoms with E-state index in [9.17, 15) is 30.7 Å². The number of hydrogen-bond donors (Lipinski definition) is 0. The molecule has 6 rings (SSSR count). The summed E-state index contributed by atoms with van der Waals surface area (Å²) in [4.78, 5) is 0. The summed E-state index contributed by atoms with van der Waals surface area (Å²) in [5.74, 6) is -0.822. The average molecular weight is 757 g/mol. The molecule has 2 aliphatic carbocycles. The molecule has 2 aliphatic rings. The lowest BCUT2D eigenvalue weighted by molar-refractivity contribution is -0.186. The van der Waals surface area contributed by atoms with E-state index in [1.54, 1.807) is 24.3 Å². The second-order valence-electron chi connectivity index (χ2n) is 14.9. The van der Waals surface area contributed by atoms with E-state index in [1.807, 2.05) is 0 Å². The Balaban J connectivity index is 0.000000208. The van der Waals surface area contributed by atoms with Crippen LogP contribution in [0.1, 0.15) is 131 Å². The molecule has 2 fully saturated rings. The summed E-state index contributed by atoms with van der Waals surface area (Å²) in [5, 5.41) is 0. The molecule has 0 N–H and O–H groups in total. The van der Waals surface area contributed by atoms with E-state index in [2.05, 4.69) is 18.6 Å². The quantitative estimate of drug-likeness (QED) is 0.0999. The van der Waals surface area contributed by atoms with Gasteiger partial charge in [0.15, 0.2) is 11.6 Å². The minimum absolute atomic E-state index is 0.0585. The van der Waals surface area contributed by atoms with Crippen molar-refractivity contribution in [3.8, 4) is 11.5 Å². The van der Waals surface area contributed by atoms with Gasteiger partial charge in [-0.3, -0.25) is 0 Å². The van der Waals surface area contributed by atoms with Gasteiger partial charge in [0.05, 0.1) is 11.1 Å². The van der Waals surface area contributed by atoms with Gasteiger partial charge in [-0.1, -0.05) is 70.2 Å². The summed E-state index contributed by atoms with van der Waals surface area (Å²) < 4.78 is 106. The minimum Gasteiger partial charge on any atom is -0.429 e. The van der Waals surface area contributed by atoms with Crippen LogP contribution in [0.25, 0.3) is 0 Å². The molecule has 4 aromatic carbocycles. The standard InChI is InChI=1S/C24H29F3O.C21H22F4O/c1-2-3-4-5-18-6-8-19(9-7-18)20-10-12-21(13-11-20)24(26,27)28-23-16-14-22(25)15-17-23;1-2-14-3-5-15(6-4-14)16-7-9-17(10-8-16)21(24,25)26-18-11-12-19(22)20(23)13-18/h10-19H,2-9H2,1H3;7-15H,2-6H2,1H3. The lowest BCUT2D eigenvalue weighted by atomic mass is 9.77. The Morgan fingerprint density at radius 3 is 1.44 bits per heavy atom. The van der Waals surface area contributed by atoms with Crippen LogP contribution in [0.3, 0.4) is 0 Å². The lowest BCUT2D eigenvalue weighted by Crippen LogP contribution is -2.22. The van der Waals surface area contributed by atoms with Crippen molar-refractivity contribution in [1.29, 1.82) is 0 Å². The van der Waals surface area contributed by atoms with Gasteiger partial charge in [-0.05, 0) is 147 Å². The van der Waals surface area contributed by atoms with Gasteiger partial charge in [0, 0.05) is 6.07 Å². The molecule has 292 valence electrons. The van der Waals surface area contributed by atoms with E-state index >= 15 is 0 Å². The van der Waals surface area contributed by atoms with Crippen LogP contribution in [0.4, 0.5) is 30.7 Å². The smallest absolute Gasteiger partial charge is 0.426 e. The van der Waals surface area contributed by atoms with Gasteiger partial charge in [0.1, 0.15) is 17.3 Å². The van der Waals surface area contributed by atoms with Crippen LogP contribution in [0.15, 0.2) is 91.0 Å². The van der Waals surface area contributed by atoms with Gasteiger partial charge < -0.3 is 9.47 Å². The van der Waals surface area contributed by atoms with Gasteiger partial charge in [-0.25, -0.2) is 13.2 Å². The number of ether oxygens (including phenoxy) is 2. The van der Waals surface area contributed by atoms with Gasteiger partial charge in [0.25, 0.3) is 0 Å². The lowest BCUT2D eigenvalue weighted by Gasteiger charge is -2.29. The minimum atomic E-state index is -3.62. The fourth-order valence-electron chi connectivity index (χ4n) is 7.73. The maximum Gasteiger partial charge on any atom is 0.426 e. The zero-order valence-corrected chi connectivity index (χ0v) is 31.1. The van der Waals surface area contributed by atoms with Gasteiger partial charge in [0.2, 0.25) is 0 Å². The van der Waals surface area contributed by atoms with Crippen molar-refractivity contribution in [2.24, 2.45) is 11.8 Å². The van der Waals surface area contributed by atoms with Crippen molar-refractivity contribution in [2.45, 2.75) is 121 Å². The highest BCUT2D eigenvalue weighted by Crippen LogP contribution is 2.40. The molecule has 0 radical (unpaired) electrons. The van der Waals surface area contributed by atoms with E-state index in [0.29, 0.717) is 17.9 Å². The third kappa shape index (κ3) is 11.5. The van der Waals surface area contributed by atoms with Crippen molar-refractivity contribution < 1.29 is 40.2 Å². The molecule has 0 amide bonds. The van der Waals surface area contributed by atoms with Crippen LogP contribution < -0.4 is 9.47 Å². The first-order valence-corrected chi connectivity index (χ1v) is 19.4. The summed E-state index contributed by atoms with van der Waals surface area (Å²) in [6, 6.07) is 19.6. The van der Waals surface area contributed by atoms with Crippen LogP contribution in [0.2, 0.25) is 0 Å². The Hall–Kier alpha value is -4.01. The molecule has 4 aromatic rings. The molecule has 0 heterocycles. The molecule has 9 heteroatoms. The number of hydrogen-bond acceptors (Lipinski definition) is 2. The molecule has 0 unspecified atom stereocenters. The SMILES string of the molecule is CCC1CCC(c2ccc(C(F)(F)Oc3ccc(F)c(F)c3)cc2)CC1.CCCCCC1CCC(c2ccc(C(F)(F)Oc3ccc(F)cc3)cc2)CC1. The number of alkyl halides is 4. The topological polar surface area (TPSA) is 18.5 Å². The van der Waals surface area contributed by atoms with E-state index in [4.69, 9.17) is 4.74 Å². The Morgan fingerprint density at radius 2 is 0.981 bits per heavy atom. The van der Waals surface area contributed by atoms with Crippen molar-refractivity contribution in [2.75, 3.05) is 0 Å². The highest BCUT2D eigenvalue weighted by molar-refractivity contribution is 5.31. The molecular formula is C45H51F7O2. The number of rotatable bonds is 13. The first-order chi connectivity index (χ1) is 25.9. The second-order valence-corrected chi connectivity index (χ2v) is 14.9. The van der Waals surface area contributed by atoms with Crippen molar-refractivity contribution in [3.63, 3.8) is 0 Å². The van der Waals surface area contributed by atoms with Crippen molar-refractivity contribution in [3.05, 3.63) is 131 Å². The second kappa shape index (κ2) is 19.0. The first kappa shape index (κ1) is 41.2. The van der Waals surface area contributed by atoms with Gasteiger partial charge >= 0.3 is 12.2 Å². The Bertz CT molecular complexity index is 1710. The number of unbranched alkanes of at least 4 members (excludes halogenated alkanes) is 2. The van der Waals surface area contributed by atoms with Crippen LogP contribution in [-0.4, -0.2) is 0 Å². The summed E-state index contributed by atoms with van der Waals surface area (Å²) >= 11 is 0. The monoisotopic (exact) mass is 756 g/mol. The molecule has 2 saturated carbocycles. The third-order valence-corrected chi connectivity index (χ3v) is 11.1. The molecule has 0 bridgehead atoms. The van der Waals surface area contributed by atoms with E-state index < -0.39 is 35.4 Å². The van der Waals surface area contributed by atoms with E-state index in [-0.39, 0.29) is 16.9 Å². The normalized spacial score (nSPS) is 20.5. The van der Waals surface area contributed by atoms with Crippen LogP contribution in [0.5, 0.6) is 11.5 Å². The fourth-order valence-corrected chi connectivity index (χ4v) is 7.73. The van der Waals surface area contributed by atoms with Crippen LogP contribution in [0, 0.1) is 29.3 Å². The summed E-state index contributed by atoms with van der Waals surface area (Å²) in [5.41, 5.74) is 1.70. The predicted molar refractivity (Wildman–Crippen MR) is 199 cm³/mol. The predicted octanol–water partition coefficient (Wildman–Crippen LogP) is 14.6. The molecular weight excluding hydrogens is 705 g/mol. The number of halogens is 7. The molecule has 54 heavy (non-hydrogen) atoms. The van der Waals surface area contributed by atoms with Crippen molar-refractivity contribution >= 4 is 0 Å². The molecule has 0 spiro atoms. The Morgan fingerprint density at radius 1 is 0.519 bits per heavy atom. The highest BCUT2D eigenvalue weighted by atomic mass is 19.3. The Kier molecular flexibility index (Phi) is 14.5. The maximum atomic E-state index is 14.4. The van der Waals surface area contributed by atoms with Crippen LogP contribution >= 0.6 is 0 Å². The van der Waals surface area contributed by atoms with Crippen LogP contribution in [-0.2, 0) is 12.2 Å². The first-order valence-electron chi connectivity index (χ1n) is 19.4. The molecule has 0 aromatic heterocycles. The van der Waals surface area contributed by atoms with E-state index in [0.717, 1.165) is 72.9 Å². The summed E-state index contributed by atoms with van der Waals surface area (Å²) in [6.07, 6.45) is 8.62. The molecule has 0 saturated heterocycles. The summed E-state index contributed by atoms with van der Waals surface area (Å²) in [6.45, 7) is 4.43. The molecule has 2 nitrogen and oxygen atoms in total. The molecule has 0 atom stereocenters.